The second kappa shape index (κ2) is 4.37. The lowest BCUT2D eigenvalue weighted by Gasteiger charge is -2.26. The molecule has 1 fully saturated rings. The van der Waals surface area contributed by atoms with Gasteiger partial charge in [-0.25, -0.2) is 0 Å². The Bertz CT molecular complexity index is 301. The SMILES string of the molecule is O=C(O)CCC1([N+](=O)[O-])CCCCC1=O. The first-order valence-electron chi connectivity index (χ1n) is 4.88. The van der Waals surface area contributed by atoms with Crippen LogP contribution < -0.4 is 0 Å². The molecule has 1 aliphatic carbocycles. The highest BCUT2D eigenvalue weighted by atomic mass is 16.6. The summed E-state index contributed by atoms with van der Waals surface area (Å²) in [7, 11) is 0. The number of nitro groups is 1. The minimum Gasteiger partial charge on any atom is -0.481 e. The van der Waals surface area contributed by atoms with Gasteiger partial charge < -0.3 is 5.11 Å². The molecule has 1 saturated carbocycles. The Labute approximate surface area is 86.4 Å². The van der Waals surface area contributed by atoms with Gasteiger partial charge in [-0.15, -0.1) is 0 Å². The summed E-state index contributed by atoms with van der Waals surface area (Å²) in [4.78, 5) is 32.2. The molecule has 1 aliphatic rings. The summed E-state index contributed by atoms with van der Waals surface area (Å²) in [5.74, 6) is -1.52. The normalized spacial score (nSPS) is 26.3. The first-order chi connectivity index (χ1) is 6.99. The Morgan fingerprint density at radius 1 is 1.53 bits per heavy atom. The highest BCUT2D eigenvalue weighted by Gasteiger charge is 2.51. The molecule has 84 valence electrons. The quantitative estimate of drug-likeness (QED) is 0.557. The van der Waals surface area contributed by atoms with E-state index in [0.29, 0.717) is 12.8 Å². The van der Waals surface area contributed by atoms with Crippen molar-refractivity contribution in [2.45, 2.75) is 44.1 Å². The van der Waals surface area contributed by atoms with Crippen LogP contribution in [0.25, 0.3) is 0 Å². The molecule has 1 atom stereocenters. The molecule has 0 aromatic carbocycles. The fraction of sp³-hybridized carbons (Fsp3) is 0.778. The van der Waals surface area contributed by atoms with Gasteiger partial charge in [-0.2, -0.15) is 0 Å². The number of nitrogens with zero attached hydrogens (tertiary/aromatic N) is 1. The summed E-state index contributed by atoms with van der Waals surface area (Å²) < 4.78 is 0. The molecule has 0 bridgehead atoms. The Morgan fingerprint density at radius 2 is 2.20 bits per heavy atom. The average Bonchev–Trinajstić information content (AvgIpc) is 2.16. The largest absolute Gasteiger partial charge is 0.481 e. The zero-order valence-electron chi connectivity index (χ0n) is 8.27. The maximum atomic E-state index is 11.5. The predicted octanol–water partition coefficient (Wildman–Crippen LogP) is 1.01. The van der Waals surface area contributed by atoms with Crippen LogP contribution in [0, 0.1) is 10.1 Å². The number of carbonyl (C=O) groups excluding carboxylic acids is 1. The van der Waals surface area contributed by atoms with Crippen molar-refractivity contribution in [1.29, 1.82) is 0 Å². The number of hydrogen-bond donors (Lipinski definition) is 1. The molecule has 0 saturated heterocycles. The predicted molar refractivity (Wildman–Crippen MR) is 50.1 cm³/mol. The second-order valence-electron chi connectivity index (χ2n) is 3.81. The number of carboxylic acid groups (broad SMARTS) is 1. The van der Waals surface area contributed by atoms with Gasteiger partial charge in [0.2, 0.25) is 5.78 Å². The lowest BCUT2D eigenvalue weighted by Crippen LogP contribution is -2.48. The minimum atomic E-state index is -1.63. The lowest BCUT2D eigenvalue weighted by atomic mass is 9.78. The van der Waals surface area contributed by atoms with Gasteiger partial charge in [0.05, 0.1) is 6.42 Å². The average molecular weight is 215 g/mol. The van der Waals surface area contributed by atoms with Gasteiger partial charge in [-0.05, 0) is 12.8 Å². The monoisotopic (exact) mass is 215 g/mol. The summed E-state index contributed by atoms with van der Waals surface area (Å²) in [6.45, 7) is 0. The number of Topliss-reactive ketones (excluding diaryl/α,β-unsaturated/α-hetero) is 1. The molecule has 0 aliphatic heterocycles. The van der Waals surface area contributed by atoms with Gasteiger partial charge in [0.15, 0.2) is 0 Å². The number of aliphatic carboxylic acids is 1. The van der Waals surface area contributed by atoms with Crippen LogP contribution in [-0.4, -0.2) is 27.3 Å². The zero-order chi connectivity index (χ0) is 11.5. The van der Waals surface area contributed by atoms with E-state index in [0.717, 1.165) is 0 Å². The van der Waals surface area contributed by atoms with Crippen LogP contribution in [-0.2, 0) is 9.59 Å². The Kier molecular flexibility index (Phi) is 3.39. The summed E-state index contributed by atoms with van der Waals surface area (Å²) >= 11 is 0. The van der Waals surface area contributed by atoms with Gasteiger partial charge >= 0.3 is 5.97 Å². The standard InChI is InChI=1S/C9H13NO5/c11-7-3-1-2-5-9(7,10(14)15)6-4-8(12)13/h1-6H2,(H,12,13). The lowest BCUT2D eigenvalue weighted by molar-refractivity contribution is -0.555. The third-order valence-corrected chi connectivity index (χ3v) is 2.87. The fourth-order valence-electron chi connectivity index (χ4n) is 1.94. The fourth-order valence-corrected chi connectivity index (χ4v) is 1.94. The molecule has 0 aromatic heterocycles. The van der Waals surface area contributed by atoms with E-state index in [4.69, 9.17) is 5.11 Å². The molecule has 1 N–H and O–H groups in total. The van der Waals surface area contributed by atoms with E-state index in [1.165, 1.54) is 0 Å². The van der Waals surface area contributed by atoms with Crippen LogP contribution in [0.5, 0.6) is 0 Å². The van der Waals surface area contributed by atoms with Crippen molar-refractivity contribution in [3.63, 3.8) is 0 Å². The third kappa shape index (κ3) is 2.31. The van der Waals surface area contributed by atoms with E-state index in [1.54, 1.807) is 0 Å². The Morgan fingerprint density at radius 3 is 2.67 bits per heavy atom. The highest BCUT2D eigenvalue weighted by molar-refractivity contribution is 5.88. The van der Waals surface area contributed by atoms with E-state index in [-0.39, 0.29) is 25.7 Å². The number of hydrogen-bond acceptors (Lipinski definition) is 4. The zero-order valence-corrected chi connectivity index (χ0v) is 8.27. The van der Waals surface area contributed by atoms with Gasteiger partial charge in [-0.3, -0.25) is 19.7 Å². The van der Waals surface area contributed by atoms with E-state index in [1.807, 2.05) is 0 Å². The maximum absolute atomic E-state index is 11.5. The topological polar surface area (TPSA) is 97.5 Å². The van der Waals surface area contributed by atoms with E-state index < -0.39 is 22.2 Å². The van der Waals surface area contributed by atoms with Crippen LogP contribution in [0.4, 0.5) is 0 Å². The van der Waals surface area contributed by atoms with Gasteiger partial charge in [0.25, 0.3) is 5.54 Å². The highest BCUT2D eigenvalue weighted by Crippen LogP contribution is 2.32. The van der Waals surface area contributed by atoms with Gasteiger partial charge in [0, 0.05) is 24.2 Å². The summed E-state index contributed by atoms with van der Waals surface area (Å²) in [6.07, 6.45) is 1.14. The van der Waals surface area contributed by atoms with Crippen LogP contribution in [0.2, 0.25) is 0 Å². The number of carboxylic acids is 1. The summed E-state index contributed by atoms with van der Waals surface area (Å²) in [5.41, 5.74) is -1.63. The number of carbonyl (C=O) groups is 2. The molecule has 0 radical (unpaired) electrons. The molecular formula is C9H13NO5. The number of rotatable bonds is 4. The van der Waals surface area contributed by atoms with Crippen LogP contribution in [0.3, 0.4) is 0 Å². The smallest absolute Gasteiger partial charge is 0.303 e. The van der Waals surface area contributed by atoms with Crippen molar-refractivity contribution in [2.24, 2.45) is 0 Å². The minimum absolute atomic E-state index is 0.173. The molecule has 1 unspecified atom stereocenters. The van der Waals surface area contributed by atoms with Crippen molar-refractivity contribution in [3.8, 4) is 0 Å². The number of ketones is 1. The molecule has 6 heteroatoms. The van der Waals surface area contributed by atoms with E-state index in [2.05, 4.69) is 0 Å². The Balaban J connectivity index is 2.81. The van der Waals surface area contributed by atoms with Crippen LogP contribution in [0.1, 0.15) is 38.5 Å². The van der Waals surface area contributed by atoms with Crippen LogP contribution in [0.15, 0.2) is 0 Å². The molecule has 0 amide bonds. The van der Waals surface area contributed by atoms with E-state index >= 15 is 0 Å². The molecule has 1 rings (SSSR count). The first kappa shape index (κ1) is 11.6. The maximum Gasteiger partial charge on any atom is 0.303 e. The van der Waals surface area contributed by atoms with Gasteiger partial charge in [-0.1, -0.05) is 0 Å². The third-order valence-electron chi connectivity index (χ3n) is 2.87. The second-order valence-corrected chi connectivity index (χ2v) is 3.81. The van der Waals surface area contributed by atoms with Crippen molar-refractivity contribution < 1.29 is 19.6 Å². The summed E-state index contributed by atoms with van der Waals surface area (Å²) in [6, 6.07) is 0. The van der Waals surface area contributed by atoms with Crippen molar-refractivity contribution in [1.82, 2.24) is 0 Å². The van der Waals surface area contributed by atoms with Crippen LogP contribution >= 0.6 is 0 Å². The van der Waals surface area contributed by atoms with Crippen molar-refractivity contribution in [3.05, 3.63) is 10.1 Å². The molecule has 0 aromatic rings. The molecule has 6 nitrogen and oxygen atoms in total. The van der Waals surface area contributed by atoms with Gasteiger partial charge in [0.1, 0.15) is 0 Å². The molecular weight excluding hydrogens is 202 g/mol. The summed E-state index contributed by atoms with van der Waals surface area (Å²) in [5, 5.41) is 19.4. The molecule has 0 spiro atoms. The van der Waals surface area contributed by atoms with Crippen molar-refractivity contribution in [2.75, 3.05) is 0 Å². The van der Waals surface area contributed by atoms with E-state index in [9.17, 15) is 19.7 Å². The van der Waals surface area contributed by atoms with Crippen molar-refractivity contribution >= 4 is 11.8 Å². The molecule has 0 heterocycles. The molecule has 15 heavy (non-hydrogen) atoms. The Hall–Kier alpha value is -1.46. The first-order valence-corrected chi connectivity index (χ1v) is 4.88.